The first-order chi connectivity index (χ1) is 14.5. The Balaban J connectivity index is 2.22. The normalized spacial score (nSPS) is 14.1. The quantitative estimate of drug-likeness (QED) is 0.604. The molecule has 0 aliphatic heterocycles. The zero-order valence-electron chi connectivity index (χ0n) is 18.5. The van der Waals surface area contributed by atoms with Crippen molar-refractivity contribution in [1.29, 1.82) is 0 Å². The molecule has 0 aliphatic rings. The first-order valence-corrected chi connectivity index (χ1v) is 10.2. The van der Waals surface area contributed by atoms with E-state index >= 15 is 0 Å². The average Bonchev–Trinajstić information content (AvgIpc) is 2.67. The third-order valence-corrected chi connectivity index (χ3v) is 4.63. The van der Waals surface area contributed by atoms with Gasteiger partial charge in [0.05, 0.1) is 0 Å². The van der Waals surface area contributed by atoms with Crippen LogP contribution in [0.5, 0.6) is 0 Å². The fraction of sp³-hybridized carbons (Fsp3) is 0.375. The molecule has 2 atom stereocenters. The van der Waals surface area contributed by atoms with Crippen LogP contribution in [0.2, 0.25) is 0 Å². The molecule has 0 saturated carbocycles. The molecule has 0 spiro atoms. The summed E-state index contributed by atoms with van der Waals surface area (Å²) in [4.78, 5) is 37.8. The van der Waals surface area contributed by atoms with Gasteiger partial charge in [-0.25, -0.2) is 4.79 Å². The molecule has 0 saturated heterocycles. The van der Waals surface area contributed by atoms with Crippen LogP contribution in [-0.2, 0) is 27.2 Å². The van der Waals surface area contributed by atoms with Crippen molar-refractivity contribution in [2.75, 3.05) is 0 Å². The maximum atomic E-state index is 13.2. The van der Waals surface area contributed by atoms with Crippen molar-refractivity contribution in [3.05, 3.63) is 71.8 Å². The molecule has 0 radical (unpaired) electrons. The summed E-state index contributed by atoms with van der Waals surface area (Å²) in [5.41, 5.74) is 5.29. The van der Waals surface area contributed by atoms with Gasteiger partial charge in [0.15, 0.2) is 0 Å². The summed E-state index contributed by atoms with van der Waals surface area (Å²) in [6.07, 6.45) is -0.265. The van der Waals surface area contributed by atoms with Gasteiger partial charge in [-0.3, -0.25) is 9.59 Å². The van der Waals surface area contributed by atoms with Crippen molar-refractivity contribution < 1.29 is 19.1 Å². The van der Waals surface area contributed by atoms with Gasteiger partial charge in [0.1, 0.15) is 17.2 Å². The highest BCUT2D eigenvalue weighted by Crippen LogP contribution is 2.15. The maximum Gasteiger partial charge on any atom is 0.408 e. The summed E-state index contributed by atoms with van der Waals surface area (Å²) in [6.45, 7) is 6.79. The molecule has 7 heteroatoms. The molecule has 166 valence electrons. The van der Waals surface area contributed by atoms with Crippen LogP contribution in [0, 0.1) is 0 Å². The molecule has 2 rings (SSSR count). The molecule has 0 aromatic heterocycles. The van der Waals surface area contributed by atoms with Gasteiger partial charge >= 0.3 is 6.09 Å². The zero-order chi connectivity index (χ0) is 23.1. The average molecular weight is 426 g/mol. The SMILES string of the molecule is CC(C)(C)OC(=O)N[C@@H](Cc1ccccc1)C(=O)N[C@](C)(Cc1ccccc1)C(N)=O. The maximum absolute atomic E-state index is 13.2. The van der Waals surface area contributed by atoms with E-state index in [1.165, 1.54) is 0 Å². The van der Waals surface area contributed by atoms with Crippen LogP contribution in [0.1, 0.15) is 38.8 Å². The van der Waals surface area contributed by atoms with Crippen LogP contribution in [0.15, 0.2) is 60.7 Å². The molecule has 2 aromatic carbocycles. The van der Waals surface area contributed by atoms with Crippen molar-refractivity contribution in [2.45, 2.75) is 57.7 Å². The minimum Gasteiger partial charge on any atom is -0.444 e. The molecular formula is C24H31N3O4. The highest BCUT2D eigenvalue weighted by Gasteiger charge is 2.36. The lowest BCUT2D eigenvalue weighted by atomic mass is 9.91. The number of rotatable bonds is 8. The Bertz CT molecular complexity index is 894. The number of nitrogens with two attached hydrogens (primary N) is 1. The molecule has 4 N–H and O–H groups in total. The molecule has 0 bridgehead atoms. The molecule has 0 aliphatic carbocycles. The highest BCUT2D eigenvalue weighted by atomic mass is 16.6. The lowest BCUT2D eigenvalue weighted by Gasteiger charge is -2.30. The van der Waals surface area contributed by atoms with E-state index in [4.69, 9.17) is 10.5 Å². The standard InChI is InChI=1S/C24H31N3O4/c1-23(2,3)31-22(30)26-19(15-17-11-7-5-8-12-17)20(28)27-24(4,21(25)29)16-18-13-9-6-10-14-18/h5-14,19H,15-16H2,1-4H3,(H2,25,29)(H,26,30)(H,27,28)/t19-,24+/m0/s1. The molecule has 31 heavy (non-hydrogen) atoms. The Hall–Kier alpha value is -3.35. The third kappa shape index (κ3) is 7.77. The predicted octanol–water partition coefficient (Wildman–Crippen LogP) is 2.73. The van der Waals surface area contributed by atoms with E-state index in [-0.39, 0.29) is 12.8 Å². The van der Waals surface area contributed by atoms with E-state index in [2.05, 4.69) is 10.6 Å². The largest absolute Gasteiger partial charge is 0.444 e. The number of carbonyl (C=O) groups is 3. The van der Waals surface area contributed by atoms with Gasteiger partial charge in [0.2, 0.25) is 11.8 Å². The van der Waals surface area contributed by atoms with Crippen LogP contribution in [0.25, 0.3) is 0 Å². The Kier molecular flexibility index (Phi) is 7.80. The Morgan fingerprint density at radius 1 is 0.903 bits per heavy atom. The summed E-state index contributed by atoms with van der Waals surface area (Å²) in [6, 6.07) is 17.6. The van der Waals surface area contributed by atoms with Gasteiger partial charge < -0.3 is 21.1 Å². The molecule has 2 aromatic rings. The van der Waals surface area contributed by atoms with Crippen LogP contribution in [-0.4, -0.2) is 35.1 Å². The molecule has 7 nitrogen and oxygen atoms in total. The number of amides is 3. The van der Waals surface area contributed by atoms with Crippen LogP contribution in [0.3, 0.4) is 0 Å². The van der Waals surface area contributed by atoms with E-state index in [0.717, 1.165) is 11.1 Å². The number of nitrogens with one attached hydrogen (secondary N) is 2. The summed E-state index contributed by atoms with van der Waals surface area (Å²) in [5, 5.41) is 5.37. The van der Waals surface area contributed by atoms with Crippen LogP contribution >= 0.6 is 0 Å². The first kappa shape index (κ1) is 23.9. The van der Waals surface area contributed by atoms with E-state index in [9.17, 15) is 14.4 Å². The Labute approximate surface area is 183 Å². The van der Waals surface area contributed by atoms with Crippen LogP contribution in [0.4, 0.5) is 4.79 Å². The monoisotopic (exact) mass is 425 g/mol. The number of hydrogen-bond acceptors (Lipinski definition) is 4. The van der Waals surface area contributed by atoms with Gasteiger partial charge in [0, 0.05) is 12.8 Å². The second kappa shape index (κ2) is 10.1. The second-order valence-corrected chi connectivity index (χ2v) is 8.74. The van der Waals surface area contributed by atoms with E-state index in [1.807, 2.05) is 60.7 Å². The first-order valence-electron chi connectivity index (χ1n) is 10.2. The minimum atomic E-state index is -1.33. The van der Waals surface area contributed by atoms with E-state index < -0.39 is 35.1 Å². The van der Waals surface area contributed by atoms with Crippen molar-refractivity contribution in [1.82, 2.24) is 10.6 Å². The molecule has 0 fully saturated rings. The van der Waals surface area contributed by atoms with Gasteiger partial charge in [-0.2, -0.15) is 0 Å². The topological polar surface area (TPSA) is 111 Å². The molecule has 3 amide bonds. The predicted molar refractivity (Wildman–Crippen MR) is 119 cm³/mol. The summed E-state index contributed by atoms with van der Waals surface area (Å²) >= 11 is 0. The number of alkyl carbamates (subject to hydrolysis) is 1. The Morgan fingerprint density at radius 2 is 1.42 bits per heavy atom. The number of primary amides is 1. The number of ether oxygens (including phenoxy) is 1. The lowest BCUT2D eigenvalue weighted by Crippen LogP contribution is -2.61. The van der Waals surface area contributed by atoms with Gasteiger partial charge in [-0.05, 0) is 38.8 Å². The minimum absolute atomic E-state index is 0.222. The zero-order valence-corrected chi connectivity index (χ0v) is 18.5. The van der Waals surface area contributed by atoms with Crippen molar-refractivity contribution in [2.24, 2.45) is 5.73 Å². The van der Waals surface area contributed by atoms with Crippen molar-refractivity contribution in [3.63, 3.8) is 0 Å². The summed E-state index contributed by atoms with van der Waals surface area (Å²) in [7, 11) is 0. The smallest absolute Gasteiger partial charge is 0.408 e. The van der Waals surface area contributed by atoms with Crippen LogP contribution < -0.4 is 16.4 Å². The summed E-state index contributed by atoms with van der Waals surface area (Å²) in [5.74, 6) is -1.19. The molecular weight excluding hydrogens is 394 g/mol. The fourth-order valence-corrected chi connectivity index (χ4v) is 3.06. The van der Waals surface area contributed by atoms with E-state index in [1.54, 1.807) is 27.7 Å². The Morgan fingerprint density at radius 3 is 1.90 bits per heavy atom. The van der Waals surface area contributed by atoms with Gasteiger partial charge in [-0.15, -0.1) is 0 Å². The summed E-state index contributed by atoms with van der Waals surface area (Å²) < 4.78 is 5.31. The number of hydrogen-bond donors (Lipinski definition) is 3. The molecule has 0 heterocycles. The second-order valence-electron chi connectivity index (χ2n) is 8.74. The third-order valence-electron chi connectivity index (χ3n) is 4.63. The fourth-order valence-electron chi connectivity index (χ4n) is 3.06. The van der Waals surface area contributed by atoms with Gasteiger partial charge in [0.25, 0.3) is 0 Å². The van der Waals surface area contributed by atoms with E-state index in [0.29, 0.717) is 0 Å². The number of carbonyl (C=O) groups excluding carboxylic acids is 3. The van der Waals surface area contributed by atoms with Gasteiger partial charge in [-0.1, -0.05) is 60.7 Å². The number of benzene rings is 2. The lowest BCUT2D eigenvalue weighted by molar-refractivity contribution is -0.132. The van der Waals surface area contributed by atoms with Crippen molar-refractivity contribution in [3.8, 4) is 0 Å². The molecule has 0 unspecified atom stereocenters. The highest BCUT2D eigenvalue weighted by molar-refractivity contribution is 5.93. The van der Waals surface area contributed by atoms with Crippen molar-refractivity contribution >= 4 is 17.9 Å².